The fourth-order valence-corrected chi connectivity index (χ4v) is 4.95. The maximum atomic E-state index is 11.9. The molecule has 6 nitrogen and oxygen atoms in total. The molecule has 96 valence electrons. The number of hydrogen-bond donors (Lipinski definition) is 1. The zero-order valence-corrected chi connectivity index (χ0v) is 11.1. The molecule has 1 saturated heterocycles. The first-order valence-electron chi connectivity index (χ1n) is 5.08. The maximum Gasteiger partial charge on any atom is 0.217 e. The molecule has 2 atom stereocenters. The normalized spacial score (nSPS) is 27.1. The van der Waals surface area contributed by atoms with Gasteiger partial charge in [-0.2, -0.15) is 0 Å². The van der Waals surface area contributed by atoms with Gasteiger partial charge in [0.15, 0.2) is 9.84 Å². The van der Waals surface area contributed by atoms with Crippen molar-refractivity contribution in [2.24, 2.45) is 5.73 Å². The van der Waals surface area contributed by atoms with Crippen LogP contribution in [-0.4, -0.2) is 57.5 Å². The smallest absolute Gasteiger partial charge is 0.217 e. The lowest BCUT2D eigenvalue weighted by molar-refractivity contribution is 0.388. The fraction of sp³-hybridized carbons (Fsp3) is 1.00. The Balaban J connectivity index is 2.84. The molecule has 2 unspecified atom stereocenters. The first-order chi connectivity index (χ1) is 7.20. The third kappa shape index (κ3) is 2.73. The van der Waals surface area contributed by atoms with Gasteiger partial charge in [0.1, 0.15) is 0 Å². The van der Waals surface area contributed by atoms with Crippen LogP contribution in [0.2, 0.25) is 0 Å². The summed E-state index contributed by atoms with van der Waals surface area (Å²) in [5, 5.41) is -0.680. The third-order valence-corrected chi connectivity index (χ3v) is 7.03. The topological polar surface area (TPSA) is 97.5 Å². The molecule has 0 aliphatic carbocycles. The zero-order chi connectivity index (χ0) is 12.6. The second-order valence-corrected chi connectivity index (χ2v) is 8.80. The summed E-state index contributed by atoms with van der Waals surface area (Å²) >= 11 is 0. The molecule has 0 aromatic carbocycles. The predicted octanol–water partition coefficient (Wildman–Crippen LogP) is -1.22. The van der Waals surface area contributed by atoms with Crippen LogP contribution in [-0.2, 0) is 19.9 Å². The maximum absolute atomic E-state index is 11.9. The number of nitrogens with zero attached hydrogens (tertiary/aromatic N) is 1. The highest BCUT2D eigenvalue weighted by Crippen LogP contribution is 2.20. The first-order valence-corrected chi connectivity index (χ1v) is 8.40. The summed E-state index contributed by atoms with van der Waals surface area (Å²) in [5.41, 5.74) is 5.32. The minimum Gasteiger partial charge on any atom is -0.329 e. The van der Waals surface area contributed by atoms with Crippen molar-refractivity contribution >= 4 is 19.9 Å². The molecule has 1 aliphatic rings. The highest BCUT2D eigenvalue weighted by Gasteiger charge is 2.37. The first kappa shape index (κ1) is 13.9. The monoisotopic (exact) mass is 270 g/mol. The Morgan fingerprint density at radius 1 is 1.50 bits per heavy atom. The van der Waals surface area contributed by atoms with Gasteiger partial charge in [0.2, 0.25) is 10.0 Å². The number of nitrogens with two attached hydrogens (primary N) is 1. The average Bonchev–Trinajstić information content (AvgIpc) is 2.56. The molecule has 0 spiro atoms. The fourth-order valence-electron chi connectivity index (χ4n) is 1.68. The van der Waals surface area contributed by atoms with Crippen LogP contribution < -0.4 is 5.73 Å². The van der Waals surface area contributed by atoms with Crippen LogP contribution in [0.15, 0.2) is 0 Å². The quantitative estimate of drug-likeness (QED) is 0.690. The molecule has 1 heterocycles. The van der Waals surface area contributed by atoms with E-state index in [4.69, 9.17) is 5.73 Å². The van der Waals surface area contributed by atoms with E-state index in [0.29, 0.717) is 6.42 Å². The molecule has 0 saturated carbocycles. The van der Waals surface area contributed by atoms with E-state index in [9.17, 15) is 16.8 Å². The lowest BCUT2D eigenvalue weighted by Crippen LogP contribution is -2.44. The van der Waals surface area contributed by atoms with E-state index < -0.39 is 31.2 Å². The Morgan fingerprint density at radius 2 is 2.06 bits per heavy atom. The van der Waals surface area contributed by atoms with Crippen molar-refractivity contribution in [3.63, 3.8) is 0 Å². The highest BCUT2D eigenvalue weighted by atomic mass is 32.2. The van der Waals surface area contributed by atoms with E-state index >= 15 is 0 Å². The Bertz CT molecular complexity index is 443. The van der Waals surface area contributed by atoms with Crippen molar-refractivity contribution in [2.45, 2.75) is 24.6 Å². The van der Waals surface area contributed by atoms with Crippen LogP contribution in [0.4, 0.5) is 0 Å². The van der Waals surface area contributed by atoms with Gasteiger partial charge < -0.3 is 5.73 Å². The van der Waals surface area contributed by atoms with Crippen molar-refractivity contribution in [1.29, 1.82) is 0 Å². The van der Waals surface area contributed by atoms with E-state index in [2.05, 4.69) is 0 Å². The second kappa shape index (κ2) is 4.59. The summed E-state index contributed by atoms with van der Waals surface area (Å²) in [6.45, 7) is 1.56. The van der Waals surface area contributed by atoms with E-state index in [-0.39, 0.29) is 18.1 Å². The summed E-state index contributed by atoms with van der Waals surface area (Å²) in [6, 6.07) is -0.441. The van der Waals surface area contributed by atoms with Gasteiger partial charge in [-0.25, -0.2) is 21.1 Å². The van der Waals surface area contributed by atoms with Crippen LogP contribution >= 0.6 is 0 Å². The summed E-state index contributed by atoms with van der Waals surface area (Å²) in [6.07, 6.45) is 0.370. The van der Waals surface area contributed by atoms with Gasteiger partial charge in [-0.05, 0) is 13.3 Å². The van der Waals surface area contributed by atoms with Crippen LogP contribution in [0.5, 0.6) is 0 Å². The molecule has 0 aromatic heterocycles. The van der Waals surface area contributed by atoms with Gasteiger partial charge in [-0.1, -0.05) is 0 Å². The highest BCUT2D eigenvalue weighted by molar-refractivity contribution is 7.92. The minimum absolute atomic E-state index is 0.0339. The molecule has 0 amide bonds. The van der Waals surface area contributed by atoms with E-state index in [1.165, 1.54) is 14.0 Å². The van der Waals surface area contributed by atoms with Crippen LogP contribution in [0, 0.1) is 0 Å². The number of sulfone groups is 1. The van der Waals surface area contributed by atoms with E-state index in [0.717, 1.165) is 4.31 Å². The lowest BCUT2D eigenvalue weighted by atomic mass is 10.3. The molecule has 2 N–H and O–H groups in total. The largest absolute Gasteiger partial charge is 0.329 e. The van der Waals surface area contributed by atoms with E-state index in [1.807, 2.05) is 0 Å². The standard InChI is InChI=1S/C8H18N2O4S2/c1-7(5-9)16(13,14)10(2)8-3-4-15(11,12)6-8/h7-8H,3-6,9H2,1-2H3. The van der Waals surface area contributed by atoms with Gasteiger partial charge in [0.25, 0.3) is 0 Å². The minimum atomic E-state index is -3.48. The average molecular weight is 270 g/mol. The molecule has 0 aromatic rings. The molecule has 1 aliphatic heterocycles. The SMILES string of the molecule is CC(CN)S(=O)(=O)N(C)C1CCS(=O)(=O)C1. The van der Waals surface area contributed by atoms with Gasteiger partial charge in [-0.3, -0.25) is 0 Å². The Kier molecular flexibility index (Phi) is 3.99. The van der Waals surface area contributed by atoms with Crippen molar-refractivity contribution in [2.75, 3.05) is 25.1 Å². The van der Waals surface area contributed by atoms with Gasteiger partial charge in [0.05, 0.1) is 16.8 Å². The summed E-state index contributed by atoms with van der Waals surface area (Å²) in [4.78, 5) is 0. The molecule has 1 rings (SSSR count). The van der Waals surface area contributed by atoms with Crippen molar-refractivity contribution in [3.05, 3.63) is 0 Å². The predicted molar refractivity (Wildman–Crippen MR) is 62.3 cm³/mol. The Labute approximate surface area is 96.8 Å². The summed E-state index contributed by atoms with van der Waals surface area (Å²) in [7, 11) is -5.13. The summed E-state index contributed by atoms with van der Waals surface area (Å²) in [5.74, 6) is -0.0193. The zero-order valence-electron chi connectivity index (χ0n) is 9.46. The molecule has 1 fully saturated rings. The van der Waals surface area contributed by atoms with Crippen LogP contribution in [0.3, 0.4) is 0 Å². The molecular weight excluding hydrogens is 252 g/mol. The van der Waals surface area contributed by atoms with Crippen LogP contribution in [0.1, 0.15) is 13.3 Å². The second-order valence-electron chi connectivity index (χ2n) is 4.16. The lowest BCUT2D eigenvalue weighted by Gasteiger charge is -2.25. The van der Waals surface area contributed by atoms with Gasteiger partial charge >= 0.3 is 0 Å². The number of hydrogen-bond acceptors (Lipinski definition) is 5. The van der Waals surface area contributed by atoms with Crippen molar-refractivity contribution < 1.29 is 16.8 Å². The molecule has 0 bridgehead atoms. The Morgan fingerprint density at radius 3 is 2.44 bits per heavy atom. The molecule has 16 heavy (non-hydrogen) atoms. The van der Waals surface area contributed by atoms with Gasteiger partial charge in [0, 0.05) is 19.6 Å². The Hall–Kier alpha value is -0.180. The molecule has 8 heteroatoms. The number of sulfonamides is 1. The van der Waals surface area contributed by atoms with Crippen molar-refractivity contribution in [1.82, 2.24) is 4.31 Å². The van der Waals surface area contributed by atoms with Gasteiger partial charge in [-0.15, -0.1) is 0 Å². The van der Waals surface area contributed by atoms with E-state index in [1.54, 1.807) is 0 Å². The summed E-state index contributed by atoms with van der Waals surface area (Å²) < 4.78 is 47.5. The van der Waals surface area contributed by atoms with Crippen LogP contribution in [0.25, 0.3) is 0 Å². The third-order valence-electron chi connectivity index (χ3n) is 2.96. The molecular formula is C8H18N2O4S2. The number of rotatable bonds is 4. The van der Waals surface area contributed by atoms with Crippen molar-refractivity contribution in [3.8, 4) is 0 Å². The molecule has 0 radical (unpaired) electrons.